The van der Waals surface area contributed by atoms with Gasteiger partial charge < -0.3 is 30.9 Å². The van der Waals surface area contributed by atoms with Crippen LogP contribution in [0.4, 0.5) is 32.9 Å². The van der Waals surface area contributed by atoms with Gasteiger partial charge in [0.25, 0.3) is 0 Å². The number of benzene rings is 4. The molecule has 0 atom stereocenters. The zero-order valence-electron chi connectivity index (χ0n) is 48.7. The summed E-state index contributed by atoms with van der Waals surface area (Å²) in [4.78, 5) is 65.6. The average Bonchev–Trinajstić information content (AvgIpc) is 2.44. The normalized spacial score (nSPS) is 17.6. The predicted octanol–water partition coefficient (Wildman–Crippen LogP) is 14.2. The summed E-state index contributed by atoms with van der Waals surface area (Å²) in [7, 11) is 3.75. The van der Waals surface area contributed by atoms with Crippen LogP contribution in [0.2, 0.25) is 10.0 Å². The number of carboxylic acid groups (broad SMARTS) is 1. The number of carboxylic acids is 1. The van der Waals surface area contributed by atoms with Crippen molar-refractivity contribution >= 4 is 89.9 Å². The van der Waals surface area contributed by atoms with Gasteiger partial charge in [0.15, 0.2) is 5.78 Å². The van der Waals surface area contributed by atoms with E-state index in [4.69, 9.17) is 54.8 Å². The van der Waals surface area contributed by atoms with Crippen LogP contribution in [0.3, 0.4) is 0 Å². The van der Waals surface area contributed by atoms with E-state index in [1.807, 2.05) is 26.8 Å². The van der Waals surface area contributed by atoms with Gasteiger partial charge in [0, 0.05) is 92.1 Å². The number of ether oxygens (including phenoxy) is 2. The Hall–Kier alpha value is -6.54. The average molecular weight is 1410 g/mol. The van der Waals surface area contributed by atoms with Crippen LogP contribution in [-0.2, 0) is 22.3 Å². The Morgan fingerprint density at radius 2 is 1.05 bits per heavy atom. The number of nitrogens with zero attached hydrogens (tertiary/aromatic N) is 4. The van der Waals surface area contributed by atoms with Gasteiger partial charge in [0.05, 0.1) is 39.4 Å². The number of Topliss-reactive ketones (excluding diaryl/α,β-unsaturated/α-hetero) is 1. The molecule has 4 aliphatic rings. The first-order valence-electron chi connectivity index (χ1n) is 28.1. The van der Waals surface area contributed by atoms with Crippen molar-refractivity contribution in [3.63, 3.8) is 0 Å². The fourth-order valence-corrected chi connectivity index (χ4v) is 10.5. The molecule has 6 aromatic rings. The fraction of sp³-hybridized carbons (Fsp3) is 0.375. The third kappa shape index (κ3) is 19.8. The van der Waals surface area contributed by atoms with E-state index in [9.17, 15) is 19.2 Å². The van der Waals surface area contributed by atoms with E-state index in [1.165, 1.54) is 34.4 Å². The molecule has 0 saturated heterocycles. The Labute approximate surface area is 530 Å². The summed E-state index contributed by atoms with van der Waals surface area (Å²) in [5.41, 5.74) is 15.2. The molecular weight excluding hydrogens is 1330 g/mol. The van der Waals surface area contributed by atoms with Gasteiger partial charge in [0.1, 0.15) is 11.2 Å². The van der Waals surface area contributed by atoms with Gasteiger partial charge in [0.2, 0.25) is 11.9 Å². The molecule has 2 fully saturated rings. The summed E-state index contributed by atoms with van der Waals surface area (Å²) in [6.45, 7) is 10.7. The Bertz CT molecular complexity index is 3330. The second-order valence-corrected chi connectivity index (χ2v) is 23.5. The van der Waals surface area contributed by atoms with Gasteiger partial charge >= 0.3 is 18.2 Å². The Kier molecular flexibility index (Phi) is 24.6. The molecule has 2 aromatic heterocycles. The zero-order valence-corrected chi connectivity index (χ0v) is 53.4. The number of carbonyl (C=O) groups excluding carboxylic acids is 3. The number of aromatic carboxylic acids is 1. The van der Waals surface area contributed by atoms with Crippen LogP contribution < -0.4 is 27.0 Å². The molecule has 10 rings (SSSR count). The minimum Gasteiger partial charge on any atom is -0.478 e. The number of allylic oxidation sites excluding steroid dienone is 2. The Morgan fingerprint density at radius 1 is 0.631 bits per heavy atom. The van der Waals surface area contributed by atoms with Gasteiger partial charge in [-0.25, -0.2) is 34.3 Å². The van der Waals surface area contributed by atoms with Gasteiger partial charge in [-0.3, -0.25) is 15.4 Å². The summed E-state index contributed by atoms with van der Waals surface area (Å²) < 4.78 is 15.6. The SMILES string of the molecule is C.CC(C)(C)OC(=O)Nc1cccc(C(=O)CC2CCC(Nc3ncc(Cl)c(C4=CCc5ccccc54)n3)CC2)c1.CC(C)(C)OC(=O)Nc1cccc(C(=O)O)c1.NC1CCC(Nc2ncc(Cl)c(C3=CCc4ccccc43)n2)CC1.[3H][B].[U]. The number of hydrogen-bond acceptors (Lipinski definition) is 13. The van der Waals surface area contributed by atoms with E-state index in [-0.39, 0.29) is 55.9 Å². The topological polar surface area (TPSA) is 233 Å². The summed E-state index contributed by atoms with van der Waals surface area (Å²) in [6, 6.07) is 30.7. The summed E-state index contributed by atoms with van der Waals surface area (Å²) in [5.74, 6) is 0.589. The monoisotopic (exact) mass is 1400 g/mol. The van der Waals surface area contributed by atoms with Crippen LogP contribution in [0.5, 0.6) is 0 Å². The van der Waals surface area contributed by atoms with Gasteiger partial charge in [-0.2, -0.15) is 0 Å². The largest absolute Gasteiger partial charge is 0.478 e. The van der Waals surface area contributed by atoms with Crippen LogP contribution in [-0.4, -0.2) is 88.0 Å². The molecule has 2 radical (unpaired) electrons. The first kappa shape index (κ1) is 66.6. The number of anilines is 4. The number of hydrogen-bond donors (Lipinski definition) is 6. The van der Waals surface area contributed by atoms with Crippen molar-refractivity contribution in [1.29, 1.82) is 1.34 Å². The quantitative estimate of drug-likeness (QED) is 0.0494. The Balaban J connectivity index is 0.000000250. The first-order valence-corrected chi connectivity index (χ1v) is 28.3. The molecule has 20 heteroatoms. The van der Waals surface area contributed by atoms with Crippen LogP contribution >= 0.6 is 23.2 Å². The van der Waals surface area contributed by atoms with Crippen molar-refractivity contribution in [3.8, 4) is 0 Å². The Morgan fingerprint density at radius 3 is 1.49 bits per heavy atom. The van der Waals surface area contributed by atoms with Crippen molar-refractivity contribution < 1.29 is 64.9 Å². The molecule has 16 nitrogen and oxygen atoms in total. The zero-order chi connectivity index (χ0) is 59.8. The number of fused-ring (bicyclic) bond motifs is 2. The second kappa shape index (κ2) is 31.0. The molecule has 0 aliphatic heterocycles. The number of aromatic nitrogens is 4. The van der Waals surface area contributed by atoms with Crippen molar-refractivity contribution in [2.45, 2.75) is 149 Å². The van der Waals surface area contributed by atoms with Crippen LogP contribution in [0.1, 0.15) is 161 Å². The maximum Gasteiger partial charge on any atom is 0.412 e. The predicted molar refractivity (Wildman–Crippen MR) is 334 cm³/mol. The summed E-state index contributed by atoms with van der Waals surface area (Å²) in [6.07, 6.45) is 16.9. The number of amides is 2. The van der Waals surface area contributed by atoms with Gasteiger partial charge in [-0.15, -0.1) is 0 Å². The molecule has 4 aliphatic carbocycles. The minimum absolute atomic E-state index is 0. The third-order valence-corrected chi connectivity index (χ3v) is 14.6. The molecule has 2 saturated carbocycles. The van der Waals surface area contributed by atoms with E-state index in [0.29, 0.717) is 63.3 Å². The maximum atomic E-state index is 13.0. The van der Waals surface area contributed by atoms with Crippen molar-refractivity contribution in [1.82, 2.24) is 19.9 Å². The van der Waals surface area contributed by atoms with E-state index < -0.39 is 29.4 Å². The summed E-state index contributed by atoms with van der Waals surface area (Å²) >= 11 is 12.9. The molecule has 2 amide bonds. The standard InChI is InChI=1S/C32H35ClN4O3.C19H21ClN4.C12H15NO4.CH4.BH.U/c1-32(2,3)40-31(39)36-24-9-6-8-22(18-24)28(38)17-20-11-14-23(15-12-20)35-30-34-19-27(33)29(37-30)26-16-13-21-7-4-5-10-25(21)26;20-17-11-22-19(23-14-8-6-13(21)7-9-14)24-18(17)16-10-5-12-3-1-2-4-15(12)16;1-12(2,3)17-11(16)13-9-6-4-5-8(7-9)10(14)15;;;/h4-10,16,18-20,23H,11-15,17H2,1-3H3,(H,36,39)(H,34,35,37);1-4,10-11,13-14H,5-9,21H2,(H,22,23,24);4-7H,1-3H3,(H,13,16)(H,14,15);1H4;1H;/i;;;;1T;. The molecule has 2 heterocycles. The van der Waals surface area contributed by atoms with E-state index in [2.05, 4.69) is 94.2 Å². The number of halogens is 2. The molecule has 0 unspecified atom stereocenters. The number of nitrogens with one attached hydrogen (secondary N) is 4. The van der Waals surface area contributed by atoms with Crippen molar-refractivity contribution in [2.24, 2.45) is 11.7 Å². The van der Waals surface area contributed by atoms with E-state index in [0.717, 1.165) is 86.7 Å². The number of nitrogens with two attached hydrogens (primary N) is 1. The maximum absolute atomic E-state index is 13.0. The van der Waals surface area contributed by atoms with Crippen molar-refractivity contribution in [3.05, 3.63) is 176 Å². The molecule has 4 aromatic carbocycles. The molecule has 440 valence electrons. The van der Waals surface area contributed by atoms with Crippen molar-refractivity contribution in [2.75, 3.05) is 21.3 Å². The second-order valence-electron chi connectivity index (χ2n) is 22.7. The van der Waals surface area contributed by atoms with E-state index >= 15 is 0 Å². The van der Waals surface area contributed by atoms with Gasteiger partial charge in [-0.1, -0.05) is 110 Å². The third-order valence-electron chi connectivity index (χ3n) is 14.0. The summed E-state index contributed by atoms with van der Waals surface area (Å²) in [5, 5.41) is 22.1. The van der Waals surface area contributed by atoms with Crippen LogP contribution in [0.25, 0.3) is 11.1 Å². The minimum atomic E-state index is -1.04. The number of carbonyl (C=O) groups is 4. The molecule has 0 bridgehead atoms. The molecule has 84 heavy (non-hydrogen) atoms. The van der Waals surface area contributed by atoms with Crippen LogP contribution in [0, 0.1) is 37.0 Å². The smallest absolute Gasteiger partial charge is 0.412 e. The number of ketones is 1. The van der Waals surface area contributed by atoms with Crippen LogP contribution in [0.15, 0.2) is 122 Å². The molecule has 7 N–H and O–H groups in total. The van der Waals surface area contributed by atoms with Gasteiger partial charge in [-0.05, 0) is 166 Å². The number of rotatable bonds is 12. The van der Waals surface area contributed by atoms with E-state index in [1.54, 1.807) is 69.6 Å². The molecular formula is C64H76BCl2N9O7U. The molecule has 0 spiro atoms. The fourth-order valence-electron chi connectivity index (χ4n) is 10.1. The first-order chi connectivity index (χ1) is 39.6.